The Balaban J connectivity index is -0.0000000326. The minimum atomic E-state index is -5.39. The van der Waals surface area contributed by atoms with Crippen LogP contribution in [0.25, 0.3) is 0 Å². The van der Waals surface area contributed by atoms with E-state index in [-0.39, 0.29) is 39.1 Å². The second-order valence-electron chi connectivity index (χ2n) is 0.581. The molecule has 0 spiro atoms. The average Bonchev–Trinajstić information content (AvgIpc) is 1.27. The molecule has 0 atom stereocenters. The number of rotatable bonds is 0. The zero-order valence-electron chi connectivity index (χ0n) is 4.74. The van der Waals surface area contributed by atoms with Crippen LogP contribution in [0.15, 0.2) is 6.58 Å². The fourth-order valence-corrected chi connectivity index (χ4v) is 0. The van der Waals surface area contributed by atoms with Crippen molar-refractivity contribution in [3.05, 3.63) is 12.9 Å². The summed E-state index contributed by atoms with van der Waals surface area (Å²) in [5, 5.41) is 0. The Morgan fingerprint density at radius 1 is 1.40 bits per heavy atom. The molecule has 10 heavy (non-hydrogen) atoms. The molecule has 8 heteroatoms. The molecule has 0 aromatic rings. The SMILES string of the molecule is C=[C-]F.O=P([O-])([O-])[O-].[Al+3].[Ti]. The van der Waals surface area contributed by atoms with Gasteiger partial charge in [0.05, 0.1) is 0 Å². The monoisotopic (exact) mass is 215 g/mol. The normalized spacial score (nSPS) is 7.20. The summed E-state index contributed by atoms with van der Waals surface area (Å²) >= 11 is 0. The first kappa shape index (κ1) is 22.5. The Bertz CT molecular complexity index is 97.2. The van der Waals surface area contributed by atoms with E-state index in [1.54, 1.807) is 0 Å². The van der Waals surface area contributed by atoms with Gasteiger partial charge in [-0.3, -0.25) is 6.58 Å². The molecule has 54 valence electrons. The van der Waals surface area contributed by atoms with Crippen molar-refractivity contribution in [2.75, 3.05) is 0 Å². The molecule has 0 unspecified atom stereocenters. The van der Waals surface area contributed by atoms with Crippen molar-refractivity contribution in [3.63, 3.8) is 0 Å². The number of hydrogen-bond donors (Lipinski definition) is 0. The van der Waals surface area contributed by atoms with Gasteiger partial charge in [0.25, 0.3) is 0 Å². The van der Waals surface area contributed by atoms with Gasteiger partial charge < -0.3 is 30.0 Å². The Hall–Kier alpha value is 1.03. The van der Waals surface area contributed by atoms with E-state index in [2.05, 4.69) is 6.58 Å². The predicted molar refractivity (Wildman–Crippen MR) is 23.3 cm³/mol. The summed E-state index contributed by atoms with van der Waals surface area (Å²) in [5.41, 5.74) is 0. The van der Waals surface area contributed by atoms with Crippen LogP contribution in [0, 0.1) is 6.33 Å². The minimum absolute atomic E-state index is 0. The molecule has 0 aliphatic carbocycles. The first-order chi connectivity index (χ1) is 3.41. The van der Waals surface area contributed by atoms with E-state index in [0.29, 0.717) is 0 Å². The largest absolute Gasteiger partial charge is 3.00 e. The fourth-order valence-electron chi connectivity index (χ4n) is 0. The minimum Gasteiger partial charge on any atom is -0.822 e. The van der Waals surface area contributed by atoms with E-state index < -0.39 is 7.82 Å². The molecule has 0 radical (unpaired) electrons. The molecule has 0 fully saturated rings. The van der Waals surface area contributed by atoms with Gasteiger partial charge in [0.2, 0.25) is 0 Å². The summed E-state index contributed by atoms with van der Waals surface area (Å²) < 4.78 is 18.5. The Labute approximate surface area is 83.4 Å². The molecule has 0 heterocycles. The van der Waals surface area contributed by atoms with E-state index in [1.807, 2.05) is 0 Å². The predicted octanol–water partition coefficient (Wildman–Crippen LogP) is -2.31. The van der Waals surface area contributed by atoms with Crippen molar-refractivity contribution >= 4 is 25.2 Å². The maximum Gasteiger partial charge on any atom is 3.00 e. The Morgan fingerprint density at radius 3 is 1.40 bits per heavy atom. The van der Waals surface area contributed by atoms with E-state index >= 15 is 0 Å². The van der Waals surface area contributed by atoms with Gasteiger partial charge in [0, 0.05) is 21.7 Å². The van der Waals surface area contributed by atoms with Gasteiger partial charge in [0.15, 0.2) is 0 Å². The molecule has 0 aliphatic heterocycles. The zero-order valence-corrected chi connectivity index (χ0v) is 8.35. The van der Waals surface area contributed by atoms with E-state index in [9.17, 15) is 4.39 Å². The van der Waals surface area contributed by atoms with Gasteiger partial charge in [-0.2, -0.15) is 7.82 Å². The van der Waals surface area contributed by atoms with Gasteiger partial charge in [0.1, 0.15) is 0 Å². The molecule has 0 saturated heterocycles. The second-order valence-corrected chi connectivity index (χ2v) is 1.48. The van der Waals surface area contributed by atoms with Crippen LogP contribution >= 0.6 is 7.82 Å². The van der Waals surface area contributed by atoms with Gasteiger partial charge in [-0.25, -0.2) is 0 Å². The molecule has 0 aliphatic rings. The summed E-state index contributed by atoms with van der Waals surface area (Å²) in [6.45, 7) is 2.57. The number of hydrogen-bond acceptors (Lipinski definition) is 4. The maximum atomic E-state index is 9.93. The number of halogens is 1. The Kier molecular flexibility index (Phi) is 28.5. The van der Waals surface area contributed by atoms with Crippen molar-refractivity contribution in [2.45, 2.75) is 0 Å². The van der Waals surface area contributed by atoms with Crippen LogP contribution in [0.3, 0.4) is 0 Å². The number of phosphoric acid groups is 1. The molecular formula is C2H2AlFO4PTi-. The molecular weight excluding hydrogens is 213 g/mol. The van der Waals surface area contributed by atoms with Crippen LogP contribution in [-0.4, -0.2) is 17.4 Å². The molecule has 4 nitrogen and oxygen atoms in total. The van der Waals surface area contributed by atoms with Crippen LogP contribution < -0.4 is 14.7 Å². The third-order valence-electron chi connectivity index (χ3n) is 0. The Morgan fingerprint density at radius 2 is 1.40 bits per heavy atom. The van der Waals surface area contributed by atoms with Crippen LogP contribution in [0.4, 0.5) is 4.39 Å². The molecule has 0 saturated carbocycles. The second kappa shape index (κ2) is 12.7. The first-order valence-corrected chi connectivity index (χ1v) is 2.73. The molecule has 0 rings (SSSR count). The van der Waals surface area contributed by atoms with Crippen LogP contribution in [0.5, 0.6) is 0 Å². The van der Waals surface area contributed by atoms with Crippen LogP contribution in [0.1, 0.15) is 0 Å². The average molecular weight is 215 g/mol. The van der Waals surface area contributed by atoms with Crippen molar-refractivity contribution in [1.29, 1.82) is 0 Å². The molecule has 0 N–H and O–H groups in total. The standard InChI is InChI=1S/C2H2F.Al.H3O4P.Ti/c1-2-3;;1-5(2,3)4;/h1H2;;(H3,1,2,3,4);/q-1;+3;;/p-3. The van der Waals surface area contributed by atoms with Crippen molar-refractivity contribution < 1.29 is 45.4 Å². The van der Waals surface area contributed by atoms with Gasteiger partial charge in [-0.15, -0.1) is 0 Å². The van der Waals surface area contributed by atoms with Gasteiger partial charge in [-0.1, -0.05) is 0 Å². The molecule has 0 aromatic heterocycles. The molecule has 0 amide bonds. The van der Waals surface area contributed by atoms with E-state index in [4.69, 9.17) is 19.2 Å². The summed E-state index contributed by atoms with van der Waals surface area (Å²) in [7, 11) is -5.39. The summed E-state index contributed by atoms with van der Waals surface area (Å²) in [5.74, 6) is 0. The van der Waals surface area contributed by atoms with E-state index in [0.717, 1.165) is 6.33 Å². The topological polar surface area (TPSA) is 86.2 Å². The van der Waals surface area contributed by atoms with Crippen LogP contribution in [0.2, 0.25) is 0 Å². The van der Waals surface area contributed by atoms with Crippen molar-refractivity contribution in [2.24, 2.45) is 0 Å². The van der Waals surface area contributed by atoms with Crippen molar-refractivity contribution in [1.82, 2.24) is 0 Å². The smallest absolute Gasteiger partial charge is 0.822 e. The zero-order chi connectivity index (χ0) is 7.21. The van der Waals surface area contributed by atoms with Crippen LogP contribution in [-0.2, 0) is 26.3 Å². The summed E-state index contributed by atoms with van der Waals surface area (Å²) in [4.78, 5) is 25.6. The maximum absolute atomic E-state index is 9.93. The third-order valence-corrected chi connectivity index (χ3v) is 0. The summed E-state index contributed by atoms with van der Waals surface area (Å²) in [6.07, 6.45) is 1.00. The molecule has 0 aromatic carbocycles. The fraction of sp³-hybridized carbons (Fsp3) is 0. The van der Waals surface area contributed by atoms with Gasteiger partial charge >= 0.3 is 17.4 Å². The van der Waals surface area contributed by atoms with Crippen molar-refractivity contribution in [3.8, 4) is 0 Å². The first-order valence-electron chi connectivity index (χ1n) is 1.27. The summed E-state index contributed by atoms with van der Waals surface area (Å²) in [6, 6.07) is 0. The quantitative estimate of drug-likeness (QED) is 0.258. The van der Waals surface area contributed by atoms with Gasteiger partial charge in [-0.05, 0) is 0 Å². The third kappa shape index (κ3) is 552. The molecule has 0 bridgehead atoms. The van der Waals surface area contributed by atoms with E-state index in [1.165, 1.54) is 0 Å².